The normalized spacial score (nSPS) is 11.5. The number of hydrogen-bond donors (Lipinski definition) is 0. The first-order valence-electron chi connectivity index (χ1n) is 6.65. The summed E-state index contributed by atoms with van der Waals surface area (Å²) in [6.07, 6.45) is 0. The summed E-state index contributed by atoms with van der Waals surface area (Å²) in [7, 11) is -4.18. The van der Waals surface area contributed by atoms with Crippen molar-refractivity contribution in [3.63, 3.8) is 0 Å². The molecule has 0 fully saturated rings. The summed E-state index contributed by atoms with van der Waals surface area (Å²) in [5, 5.41) is 3.50. The van der Waals surface area contributed by atoms with Crippen molar-refractivity contribution < 1.29 is 21.5 Å². The Morgan fingerprint density at radius 2 is 1.88 bits per heavy atom. The first kappa shape index (κ1) is 16.4. The largest absolute Gasteiger partial charge is 0.379 e. The number of aryl methyl sites for hydroxylation is 1. The molecule has 0 saturated heterocycles. The molecule has 0 aliphatic rings. The fraction of sp³-hybridized carbons (Fsp3) is 0.0667. The van der Waals surface area contributed by atoms with Gasteiger partial charge >= 0.3 is 10.1 Å². The quantitative estimate of drug-likeness (QED) is 0.654. The van der Waals surface area contributed by atoms with Crippen molar-refractivity contribution in [3.8, 4) is 17.1 Å². The molecule has 0 atom stereocenters. The summed E-state index contributed by atoms with van der Waals surface area (Å²) < 4.78 is 47.4. The van der Waals surface area contributed by atoms with Gasteiger partial charge in [-0.05, 0) is 42.5 Å². The summed E-state index contributed by atoms with van der Waals surface area (Å²) in [5.41, 5.74) is 0.636. The predicted molar refractivity (Wildman–Crippen MR) is 83.7 cm³/mol. The maximum Gasteiger partial charge on any atom is 0.340 e. The van der Waals surface area contributed by atoms with Crippen LogP contribution in [0, 0.1) is 12.7 Å². The van der Waals surface area contributed by atoms with E-state index in [1.165, 1.54) is 12.1 Å². The van der Waals surface area contributed by atoms with Gasteiger partial charge in [0.1, 0.15) is 16.5 Å². The summed E-state index contributed by atoms with van der Waals surface area (Å²) >= 11 is 5.76. The van der Waals surface area contributed by atoms with E-state index < -0.39 is 15.9 Å². The SMILES string of the molecule is Cc1nc(-c2ccc(OS(=O)(=O)c3ccc(F)cc3Cl)cc2)no1. The number of aromatic nitrogens is 2. The fourth-order valence-corrected chi connectivity index (χ4v) is 3.36. The van der Waals surface area contributed by atoms with E-state index in [9.17, 15) is 12.8 Å². The van der Waals surface area contributed by atoms with Gasteiger partial charge in [0.05, 0.1) is 5.02 Å². The van der Waals surface area contributed by atoms with E-state index in [-0.39, 0.29) is 15.7 Å². The van der Waals surface area contributed by atoms with Crippen molar-refractivity contribution in [1.82, 2.24) is 10.1 Å². The Bertz CT molecular complexity index is 987. The molecule has 3 rings (SSSR count). The van der Waals surface area contributed by atoms with Gasteiger partial charge in [0.25, 0.3) is 0 Å². The summed E-state index contributed by atoms with van der Waals surface area (Å²) in [6.45, 7) is 1.66. The van der Waals surface area contributed by atoms with Gasteiger partial charge in [-0.25, -0.2) is 4.39 Å². The highest BCUT2D eigenvalue weighted by Crippen LogP contribution is 2.27. The van der Waals surface area contributed by atoms with E-state index in [1.807, 2.05) is 0 Å². The molecule has 0 bridgehead atoms. The zero-order valence-electron chi connectivity index (χ0n) is 12.2. The van der Waals surface area contributed by atoms with Crippen LogP contribution in [0.25, 0.3) is 11.4 Å². The molecule has 2 aromatic carbocycles. The average Bonchev–Trinajstić information content (AvgIpc) is 2.93. The van der Waals surface area contributed by atoms with E-state index in [2.05, 4.69) is 10.1 Å². The smallest absolute Gasteiger partial charge is 0.340 e. The maximum atomic E-state index is 13.0. The minimum atomic E-state index is -4.18. The van der Waals surface area contributed by atoms with Crippen LogP contribution >= 0.6 is 11.6 Å². The molecule has 0 unspecified atom stereocenters. The number of nitrogens with zero attached hydrogens (tertiary/aromatic N) is 2. The Kier molecular flexibility index (Phi) is 4.25. The van der Waals surface area contributed by atoms with Crippen molar-refractivity contribution >= 4 is 21.7 Å². The number of hydrogen-bond acceptors (Lipinski definition) is 6. The number of benzene rings is 2. The molecule has 1 heterocycles. The second kappa shape index (κ2) is 6.21. The predicted octanol–water partition coefficient (Wildman–Crippen LogP) is 3.61. The molecule has 0 N–H and O–H groups in total. The minimum Gasteiger partial charge on any atom is -0.379 e. The van der Waals surface area contributed by atoms with Gasteiger partial charge in [0, 0.05) is 12.5 Å². The number of halogens is 2. The molecule has 1 aromatic heterocycles. The number of rotatable bonds is 4. The van der Waals surface area contributed by atoms with E-state index >= 15 is 0 Å². The molecule has 0 spiro atoms. The van der Waals surface area contributed by atoms with Crippen LogP contribution in [-0.2, 0) is 10.1 Å². The van der Waals surface area contributed by atoms with Gasteiger partial charge in [0.15, 0.2) is 0 Å². The monoisotopic (exact) mass is 368 g/mol. The third kappa shape index (κ3) is 3.39. The van der Waals surface area contributed by atoms with Gasteiger partial charge in [-0.15, -0.1) is 0 Å². The van der Waals surface area contributed by atoms with Gasteiger partial charge in [-0.2, -0.15) is 13.4 Å². The van der Waals surface area contributed by atoms with Crippen LogP contribution in [0.5, 0.6) is 5.75 Å². The molecule has 3 aromatic rings. The van der Waals surface area contributed by atoms with E-state index in [4.69, 9.17) is 20.3 Å². The molecule has 124 valence electrons. The second-order valence-electron chi connectivity index (χ2n) is 4.77. The highest BCUT2D eigenvalue weighted by Gasteiger charge is 2.21. The molecule has 0 amide bonds. The van der Waals surface area contributed by atoms with Gasteiger partial charge in [0.2, 0.25) is 11.7 Å². The lowest BCUT2D eigenvalue weighted by molar-refractivity contribution is 0.394. The van der Waals surface area contributed by atoms with Crippen molar-refractivity contribution in [2.75, 3.05) is 0 Å². The first-order valence-corrected chi connectivity index (χ1v) is 8.44. The Morgan fingerprint density at radius 3 is 2.46 bits per heavy atom. The lowest BCUT2D eigenvalue weighted by Gasteiger charge is -2.08. The van der Waals surface area contributed by atoms with E-state index in [1.54, 1.807) is 19.1 Å². The average molecular weight is 369 g/mol. The van der Waals surface area contributed by atoms with Crippen LogP contribution in [0.1, 0.15) is 5.89 Å². The van der Waals surface area contributed by atoms with Crippen molar-refractivity contribution in [2.24, 2.45) is 0 Å². The fourth-order valence-electron chi connectivity index (χ4n) is 1.93. The molecule has 0 aliphatic heterocycles. The van der Waals surface area contributed by atoms with Crippen molar-refractivity contribution in [1.29, 1.82) is 0 Å². The Morgan fingerprint density at radius 1 is 1.17 bits per heavy atom. The molecule has 24 heavy (non-hydrogen) atoms. The highest BCUT2D eigenvalue weighted by atomic mass is 35.5. The zero-order valence-corrected chi connectivity index (χ0v) is 13.8. The maximum absolute atomic E-state index is 13.0. The van der Waals surface area contributed by atoms with Crippen LogP contribution in [0.3, 0.4) is 0 Å². The van der Waals surface area contributed by atoms with Crippen LogP contribution in [0.4, 0.5) is 4.39 Å². The Hall–Kier alpha value is -2.45. The van der Waals surface area contributed by atoms with Gasteiger partial charge in [-0.3, -0.25) is 0 Å². The minimum absolute atomic E-state index is 0.0689. The highest BCUT2D eigenvalue weighted by molar-refractivity contribution is 7.87. The molecule has 0 aliphatic carbocycles. The van der Waals surface area contributed by atoms with Gasteiger partial charge < -0.3 is 8.71 Å². The summed E-state index contributed by atoms with van der Waals surface area (Å²) in [6, 6.07) is 8.99. The lowest BCUT2D eigenvalue weighted by atomic mass is 10.2. The molecule has 9 heteroatoms. The topological polar surface area (TPSA) is 82.3 Å². The molecule has 6 nitrogen and oxygen atoms in total. The third-order valence-corrected chi connectivity index (χ3v) is 4.74. The zero-order chi connectivity index (χ0) is 17.3. The molecule has 0 saturated carbocycles. The van der Waals surface area contributed by atoms with Crippen LogP contribution < -0.4 is 4.18 Å². The molecular weight excluding hydrogens is 359 g/mol. The van der Waals surface area contributed by atoms with Crippen molar-refractivity contribution in [2.45, 2.75) is 11.8 Å². The standard InChI is InChI=1S/C15H10ClFN2O4S/c1-9-18-15(19-22-9)10-2-5-12(6-3-10)23-24(20,21)14-7-4-11(17)8-13(14)16/h2-8H,1H3. The Balaban J connectivity index is 1.85. The van der Waals surface area contributed by atoms with Crippen LogP contribution in [0.2, 0.25) is 5.02 Å². The first-order chi connectivity index (χ1) is 11.3. The summed E-state index contributed by atoms with van der Waals surface area (Å²) in [4.78, 5) is 3.75. The van der Waals surface area contributed by atoms with Crippen molar-refractivity contribution in [3.05, 3.63) is 59.2 Å². The summed E-state index contributed by atoms with van der Waals surface area (Å²) in [5.74, 6) is 0.223. The molecule has 0 radical (unpaired) electrons. The Labute approximate surface area is 142 Å². The third-order valence-electron chi connectivity index (χ3n) is 3.01. The molecular formula is C15H10ClFN2O4S. The van der Waals surface area contributed by atoms with Gasteiger partial charge in [-0.1, -0.05) is 16.8 Å². The van der Waals surface area contributed by atoms with E-state index in [0.717, 1.165) is 18.2 Å². The van der Waals surface area contributed by atoms with E-state index in [0.29, 0.717) is 17.3 Å². The lowest BCUT2D eigenvalue weighted by Crippen LogP contribution is -2.10. The van der Waals surface area contributed by atoms with Crippen LogP contribution in [0.15, 0.2) is 51.9 Å². The van der Waals surface area contributed by atoms with Crippen LogP contribution in [-0.4, -0.2) is 18.6 Å². The second-order valence-corrected chi connectivity index (χ2v) is 6.70.